The summed E-state index contributed by atoms with van der Waals surface area (Å²) in [6.07, 6.45) is 2.18. The molecule has 0 heterocycles. The van der Waals surface area contributed by atoms with Crippen molar-refractivity contribution < 1.29 is 4.74 Å². The van der Waals surface area contributed by atoms with Crippen molar-refractivity contribution in [2.45, 2.75) is 40.5 Å². The number of rotatable bonds is 9. The summed E-state index contributed by atoms with van der Waals surface area (Å²) in [6.45, 7) is 12.3. The zero-order chi connectivity index (χ0) is 13.8. The second-order valence-corrected chi connectivity index (χ2v) is 5.43. The van der Waals surface area contributed by atoms with E-state index in [1.807, 2.05) is 0 Å². The van der Waals surface area contributed by atoms with Crippen LogP contribution < -0.4 is 10.6 Å². The van der Waals surface area contributed by atoms with E-state index in [2.05, 4.69) is 43.3 Å². The lowest BCUT2D eigenvalue weighted by Crippen LogP contribution is -2.38. The van der Waals surface area contributed by atoms with E-state index in [9.17, 15) is 0 Å². The predicted octanol–water partition coefficient (Wildman–Crippen LogP) is 2.26. The fourth-order valence-electron chi connectivity index (χ4n) is 1.40. The van der Waals surface area contributed by atoms with Crippen LogP contribution in [0.1, 0.15) is 40.5 Å². The molecule has 18 heavy (non-hydrogen) atoms. The molecule has 0 bridgehead atoms. The van der Waals surface area contributed by atoms with Gasteiger partial charge in [0, 0.05) is 33.4 Å². The minimum atomic E-state index is 0.614. The smallest absolute Gasteiger partial charge is 0.190 e. The number of aliphatic imine (C=N–C) groups is 1. The number of guanidine groups is 1. The molecule has 0 amide bonds. The van der Waals surface area contributed by atoms with Crippen LogP contribution in [0.2, 0.25) is 0 Å². The van der Waals surface area contributed by atoms with Crippen LogP contribution in [0, 0.1) is 11.8 Å². The average Bonchev–Trinajstić information content (AvgIpc) is 2.30. The summed E-state index contributed by atoms with van der Waals surface area (Å²) in [4.78, 5) is 4.18. The largest absolute Gasteiger partial charge is 0.381 e. The Bertz CT molecular complexity index is 215. The van der Waals surface area contributed by atoms with Gasteiger partial charge in [-0.3, -0.25) is 4.99 Å². The summed E-state index contributed by atoms with van der Waals surface area (Å²) in [6, 6.07) is 0. The third-order valence-electron chi connectivity index (χ3n) is 2.45. The number of nitrogens with one attached hydrogen (secondary N) is 2. The first kappa shape index (κ1) is 17.2. The Labute approximate surface area is 113 Å². The molecule has 0 aromatic rings. The summed E-state index contributed by atoms with van der Waals surface area (Å²) < 4.78 is 5.52. The second kappa shape index (κ2) is 11.3. The van der Waals surface area contributed by atoms with Crippen LogP contribution in [0.3, 0.4) is 0 Å². The lowest BCUT2D eigenvalue weighted by molar-refractivity contribution is 0.108. The van der Waals surface area contributed by atoms with E-state index in [1.54, 1.807) is 7.05 Å². The minimum Gasteiger partial charge on any atom is -0.381 e. The highest BCUT2D eigenvalue weighted by atomic mass is 16.5. The van der Waals surface area contributed by atoms with E-state index in [4.69, 9.17) is 4.74 Å². The molecule has 2 N–H and O–H groups in total. The first-order valence-electron chi connectivity index (χ1n) is 7.08. The summed E-state index contributed by atoms with van der Waals surface area (Å²) in [7, 11) is 1.81. The minimum absolute atomic E-state index is 0.614. The van der Waals surface area contributed by atoms with Crippen molar-refractivity contribution in [1.82, 2.24) is 10.6 Å². The van der Waals surface area contributed by atoms with Crippen molar-refractivity contribution in [2.24, 2.45) is 16.8 Å². The Morgan fingerprint density at radius 2 is 1.72 bits per heavy atom. The third-order valence-corrected chi connectivity index (χ3v) is 2.45. The third kappa shape index (κ3) is 11.7. The lowest BCUT2D eigenvalue weighted by atomic mass is 10.1. The van der Waals surface area contributed by atoms with Gasteiger partial charge in [0.2, 0.25) is 0 Å². The number of hydrogen-bond acceptors (Lipinski definition) is 2. The number of hydrogen-bond donors (Lipinski definition) is 2. The summed E-state index contributed by atoms with van der Waals surface area (Å²) >= 11 is 0. The standard InChI is InChI=1S/C14H31N3O/c1-12(2)7-9-17-14(15-5)16-8-6-10-18-11-13(3)4/h12-13H,6-11H2,1-5H3,(H2,15,16,17). The van der Waals surface area contributed by atoms with E-state index >= 15 is 0 Å². The van der Waals surface area contributed by atoms with Gasteiger partial charge in [0.15, 0.2) is 5.96 Å². The lowest BCUT2D eigenvalue weighted by Gasteiger charge is -2.13. The molecule has 0 fully saturated rings. The highest BCUT2D eigenvalue weighted by Gasteiger charge is 1.98. The topological polar surface area (TPSA) is 45.7 Å². The Morgan fingerprint density at radius 1 is 1.06 bits per heavy atom. The van der Waals surface area contributed by atoms with Crippen LogP contribution in [-0.2, 0) is 4.74 Å². The SMILES string of the molecule is CN=C(NCCCOCC(C)C)NCCC(C)C. The zero-order valence-electron chi connectivity index (χ0n) is 12.8. The Morgan fingerprint density at radius 3 is 2.28 bits per heavy atom. The van der Waals surface area contributed by atoms with E-state index < -0.39 is 0 Å². The molecule has 0 saturated heterocycles. The molecule has 4 nitrogen and oxygen atoms in total. The van der Waals surface area contributed by atoms with E-state index in [-0.39, 0.29) is 0 Å². The van der Waals surface area contributed by atoms with Crippen LogP contribution in [0.15, 0.2) is 4.99 Å². The number of nitrogens with zero attached hydrogens (tertiary/aromatic N) is 1. The molecular formula is C14H31N3O. The summed E-state index contributed by atoms with van der Waals surface area (Å²) in [5.74, 6) is 2.22. The van der Waals surface area contributed by atoms with Crippen molar-refractivity contribution in [3.63, 3.8) is 0 Å². The van der Waals surface area contributed by atoms with Gasteiger partial charge in [0.1, 0.15) is 0 Å². The van der Waals surface area contributed by atoms with Crippen LogP contribution in [0.5, 0.6) is 0 Å². The first-order valence-corrected chi connectivity index (χ1v) is 7.08. The van der Waals surface area contributed by atoms with Gasteiger partial charge < -0.3 is 15.4 Å². The predicted molar refractivity (Wildman–Crippen MR) is 79.1 cm³/mol. The molecule has 0 atom stereocenters. The molecular weight excluding hydrogens is 226 g/mol. The van der Waals surface area contributed by atoms with Gasteiger partial charge in [0.25, 0.3) is 0 Å². The monoisotopic (exact) mass is 257 g/mol. The highest BCUT2D eigenvalue weighted by Crippen LogP contribution is 1.96. The van der Waals surface area contributed by atoms with Gasteiger partial charge in [-0.15, -0.1) is 0 Å². The molecule has 0 aromatic heterocycles. The molecule has 0 aromatic carbocycles. The van der Waals surface area contributed by atoms with Crippen LogP contribution in [0.4, 0.5) is 0 Å². The van der Waals surface area contributed by atoms with Crippen LogP contribution >= 0.6 is 0 Å². The van der Waals surface area contributed by atoms with Gasteiger partial charge in [-0.05, 0) is 24.7 Å². The molecule has 0 aliphatic carbocycles. The fraction of sp³-hybridized carbons (Fsp3) is 0.929. The molecule has 4 heteroatoms. The van der Waals surface area contributed by atoms with Gasteiger partial charge >= 0.3 is 0 Å². The summed E-state index contributed by atoms with van der Waals surface area (Å²) in [5.41, 5.74) is 0. The van der Waals surface area contributed by atoms with Gasteiger partial charge in [-0.25, -0.2) is 0 Å². The van der Waals surface area contributed by atoms with Gasteiger partial charge in [-0.1, -0.05) is 27.7 Å². The maximum absolute atomic E-state index is 5.52. The van der Waals surface area contributed by atoms with Crippen molar-refractivity contribution in [2.75, 3.05) is 33.4 Å². The molecule has 0 aliphatic rings. The highest BCUT2D eigenvalue weighted by molar-refractivity contribution is 5.79. The maximum Gasteiger partial charge on any atom is 0.190 e. The first-order chi connectivity index (χ1) is 8.56. The van der Waals surface area contributed by atoms with E-state index in [1.165, 1.54) is 0 Å². The normalized spacial score (nSPS) is 12.3. The summed E-state index contributed by atoms with van der Waals surface area (Å²) in [5, 5.41) is 6.60. The maximum atomic E-state index is 5.52. The van der Waals surface area contributed by atoms with E-state index in [0.29, 0.717) is 5.92 Å². The molecule has 0 rings (SSSR count). The number of ether oxygens (including phenoxy) is 1. The van der Waals surface area contributed by atoms with Crippen LogP contribution in [0.25, 0.3) is 0 Å². The molecule has 0 radical (unpaired) electrons. The fourth-order valence-corrected chi connectivity index (χ4v) is 1.40. The molecule has 0 aliphatic heterocycles. The van der Waals surface area contributed by atoms with E-state index in [0.717, 1.165) is 51.0 Å². The van der Waals surface area contributed by atoms with Gasteiger partial charge in [0.05, 0.1) is 0 Å². The van der Waals surface area contributed by atoms with Crippen molar-refractivity contribution in [3.8, 4) is 0 Å². The quantitative estimate of drug-likeness (QED) is 0.378. The van der Waals surface area contributed by atoms with Crippen molar-refractivity contribution in [1.29, 1.82) is 0 Å². The van der Waals surface area contributed by atoms with Crippen LogP contribution in [-0.4, -0.2) is 39.3 Å². The van der Waals surface area contributed by atoms with Crippen molar-refractivity contribution >= 4 is 5.96 Å². The zero-order valence-corrected chi connectivity index (χ0v) is 12.8. The van der Waals surface area contributed by atoms with Gasteiger partial charge in [-0.2, -0.15) is 0 Å². The molecule has 0 saturated carbocycles. The molecule has 0 spiro atoms. The molecule has 108 valence electrons. The second-order valence-electron chi connectivity index (χ2n) is 5.43. The van der Waals surface area contributed by atoms with Crippen molar-refractivity contribution in [3.05, 3.63) is 0 Å². The Hall–Kier alpha value is -0.770. The Kier molecular flexibility index (Phi) is 10.8. The Balaban J connectivity index is 3.45. The molecule has 0 unspecified atom stereocenters. The average molecular weight is 257 g/mol.